The van der Waals surface area contributed by atoms with Crippen LogP contribution in [-0.4, -0.2) is 29.1 Å². The quantitative estimate of drug-likeness (QED) is 0.776. The second kappa shape index (κ2) is 5.61. The molecule has 18 heavy (non-hydrogen) atoms. The van der Waals surface area contributed by atoms with Gasteiger partial charge in [-0.05, 0) is 31.9 Å². The molecule has 1 atom stereocenters. The molecule has 0 radical (unpaired) electrons. The van der Waals surface area contributed by atoms with Crippen LogP contribution < -0.4 is 0 Å². The molecule has 1 unspecified atom stereocenters. The second-order valence-corrected chi connectivity index (χ2v) is 5.97. The summed E-state index contributed by atoms with van der Waals surface area (Å²) in [4.78, 5) is 15.6. The van der Waals surface area contributed by atoms with Gasteiger partial charge >= 0.3 is 0 Å². The molecule has 0 aliphatic carbocycles. The van der Waals surface area contributed by atoms with Crippen molar-refractivity contribution in [3.8, 4) is 0 Å². The molecule has 3 heteroatoms. The molecular weight excluding hydrogens is 242 g/mol. The number of amides is 1. The highest BCUT2D eigenvalue weighted by Crippen LogP contribution is 2.37. The van der Waals surface area contributed by atoms with E-state index in [4.69, 9.17) is 0 Å². The summed E-state index contributed by atoms with van der Waals surface area (Å²) < 4.78 is 0. The molecule has 1 aromatic rings. The first kappa shape index (κ1) is 13.2. The summed E-state index contributed by atoms with van der Waals surface area (Å²) in [6.07, 6.45) is 0.854. The van der Waals surface area contributed by atoms with Gasteiger partial charge in [-0.1, -0.05) is 30.4 Å². The van der Waals surface area contributed by atoms with Gasteiger partial charge in [-0.15, -0.1) is 11.8 Å². The Morgan fingerprint density at radius 2 is 2.22 bits per heavy atom. The third-order valence-electron chi connectivity index (χ3n) is 3.08. The average molecular weight is 261 g/mol. The molecular formula is C15H19NOS. The number of carbonyl (C=O) groups is 1. The van der Waals surface area contributed by atoms with Crippen molar-refractivity contribution < 1.29 is 4.79 Å². The van der Waals surface area contributed by atoms with E-state index in [0.717, 1.165) is 18.5 Å². The number of likely N-dealkylation sites (N-methyl/N-ethyl adjacent to an activating group) is 1. The highest BCUT2D eigenvalue weighted by Gasteiger charge is 2.30. The first-order chi connectivity index (χ1) is 8.61. The molecule has 2 rings (SSSR count). The van der Waals surface area contributed by atoms with Gasteiger partial charge in [-0.3, -0.25) is 4.79 Å². The van der Waals surface area contributed by atoms with Crippen LogP contribution in [0, 0.1) is 0 Å². The lowest BCUT2D eigenvalue weighted by Crippen LogP contribution is -2.38. The molecule has 1 aliphatic heterocycles. The van der Waals surface area contributed by atoms with Crippen molar-refractivity contribution >= 4 is 17.7 Å². The zero-order chi connectivity index (χ0) is 13.1. The Hall–Kier alpha value is -1.22. The number of nitrogens with zero attached hydrogens (tertiary/aromatic N) is 1. The summed E-state index contributed by atoms with van der Waals surface area (Å²) in [5.74, 6) is 0.238. The standard InChI is InChI=1S/C15H19NOS/c1-4-16(10-11(2)3)15(17)14-9-12-7-5-6-8-13(12)18-14/h5-8,14H,2,4,9-10H2,1,3H3. The van der Waals surface area contributed by atoms with Crippen LogP contribution in [0.4, 0.5) is 0 Å². The van der Waals surface area contributed by atoms with Crippen molar-refractivity contribution in [3.63, 3.8) is 0 Å². The van der Waals surface area contributed by atoms with Crippen LogP contribution in [0.2, 0.25) is 0 Å². The summed E-state index contributed by atoms with van der Waals surface area (Å²) in [5, 5.41) is 0.0432. The lowest BCUT2D eigenvalue weighted by Gasteiger charge is -2.23. The van der Waals surface area contributed by atoms with E-state index in [1.807, 2.05) is 30.9 Å². The van der Waals surface area contributed by atoms with Gasteiger partial charge < -0.3 is 4.90 Å². The summed E-state index contributed by atoms with van der Waals surface area (Å²) in [5.41, 5.74) is 2.33. The Labute approximate surface area is 113 Å². The maximum Gasteiger partial charge on any atom is 0.236 e. The zero-order valence-corrected chi connectivity index (χ0v) is 11.8. The van der Waals surface area contributed by atoms with Crippen LogP contribution in [0.3, 0.4) is 0 Å². The summed E-state index contributed by atoms with van der Waals surface area (Å²) in [6, 6.07) is 8.29. The summed E-state index contributed by atoms with van der Waals surface area (Å²) in [6.45, 7) is 9.30. The van der Waals surface area contributed by atoms with Crippen molar-refractivity contribution in [1.29, 1.82) is 0 Å². The van der Waals surface area contributed by atoms with Crippen LogP contribution >= 0.6 is 11.8 Å². The SMILES string of the molecule is C=C(C)CN(CC)C(=O)C1Cc2ccccc2S1. The molecule has 0 aromatic heterocycles. The maximum atomic E-state index is 12.4. The van der Waals surface area contributed by atoms with E-state index in [2.05, 4.69) is 18.7 Å². The summed E-state index contributed by atoms with van der Waals surface area (Å²) in [7, 11) is 0. The molecule has 0 spiro atoms. The lowest BCUT2D eigenvalue weighted by molar-refractivity contribution is -0.129. The van der Waals surface area contributed by atoms with E-state index in [1.165, 1.54) is 10.5 Å². The van der Waals surface area contributed by atoms with Crippen molar-refractivity contribution in [2.24, 2.45) is 0 Å². The molecule has 1 amide bonds. The Balaban J connectivity index is 2.06. The molecule has 0 N–H and O–H groups in total. The van der Waals surface area contributed by atoms with Gasteiger partial charge in [0, 0.05) is 18.0 Å². The van der Waals surface area contributed by atoms with Crippen LogP contribution in [0.5, 0.6) is 0 Å². The van der Waals surface area contributed by atoms with E-state index in [0.29, 0.717) is 6.54 Å². The first-order valence-electron chi connectivity index (χ1n) is 6.29. The van der Waals surface area contributed by atoms with E-state index in [-0.39, 0.29) is 11.2 Å². The number of fused-ring (bicyclic) bond motifs is 1. The van der Waals surface area contributed by atoms with E-state index in [9.17, 15) is 4.79 Å². The highest BCUT2D eigenvalue weighted by molar-refractivity contribution is 8.01. The Morgan fingerprint density at radius 1 is 1.50 bits per heavy atom. The molecule has 0 fully saturated rings. The van der Waals surface area contributed by atoms with Crippen molar-refractivity contribution in [3.05, 3.63) is 42.0 Å². The maximum absolute atomic E-state index is 12.4. The predicted octanol–water partition coefficient (Wildman–Crippen LogP) is 3.13. The molecule has 0 saturated carbocycles. The Kier molecular flexibility index (Phi) is 4.12. The first-order valence-corrected chi connectivity index (χ1v) is 7.17. The smallest absolute Gasteiger partial charge is 0.236 e. The molecule has 0 saturated heterocycles. The van der Waals surface area contributed by atoms with Crippen LogP contribution in [0.1, 0.15) is 19.4 Å². The fraction of sp³-hybridized carbons (Fsp3) is 0.400. The molecule has 2 nitrogen and oxygen atoms in total. The van der Waals surface area contributed by atoms with Crippen molar-refractivity contribution in [1.82, 2.24) is 4.90 Å². The monoisotopic (exact) mass is 261 g/mol. The lowest BCUT2D eigenvalue weighted by atomic mass is 10.1. The van der Waals surface area contributed by atoms with E-state index in [1.54, 1.807) is 11.8 Å². The molecule has 1 heterocycles. The number of thioether (sulfide) groups is 1. The highest BCUT2D eigenvalue weighted by atomic mass is 32.2. The van der Waals surface area contributed by atoms with E-state index < -0.39 is 0 Å². The van der Waals surface area contributed by atoms with Crippen LogP contribution in [0.25, 0.3) is 0 Å². The van der Waals surface area contributed by atoms with Gasteiger partial charge in [0.1, 0.15) is 0 Å². The van der Waals surface area contributed by atoms with Crippen molar-refractivity contribution in [2.45, 2.75) is 30.4 Å². The number of benzene rings is 1. The molecule has 0 bridgehead atoms. The average Bonchev–Trinajstić information content (AvgIpc) is 2.78. The Bertz CT molecular complexity index is 444. The zero-order valence-electron chi connectivity index (χ0n) is 11.0. The predicted molar refractivity (Wildman–Crippen MR) is 76.9 cm³/mol. The summed E-state index contributed by atoms with van der Waals surface area (Å²) >= 11 is 1.69. The molecule has 1 aromatic carbocycles. The number of hydrogen-bond acceptors (Lipinski definition) is 2. The second-order valence-electron chi connectivity index (χ2n) is 4.73. The van der Waals surface area contributed by atoms with Gasteiger partial charge in [0.25, 0.3) is 0 Å². The molecule has 96 valence electrons. The van der Waals surface area contributed by atoms with Gasteiger partial charge in [0.2, 0.25) is 5.91 Å². The van der Waals surface area contributed by atoms with Gasteiger partial charge in [0.05, 0.1) is 5.25 Å². The number of carbonyl (C=O) groups excluding carboxylic acids is 1. The fourth-order valence-electron chi connectivity index (χ4n) is 2.19. The number of rotatable bonds is 4. The minimum absolute atomic E-state index is 0.0432. The van der Waals surface area contributed by atoms with Crippen LogP contribution in [-0.2, 0) is 11.2 Å². The van der Waals surface area contributed by atoms with Crippen molar-refractivity contribution in [2.75, 3.05) is 13.1 Å². The van der Waals surface area contributed by atoms with E-state index >= 15 is 0 Å². The van der Waals surface area contributed by atoms with Crippen LogP contribution in [0.15, 0.2) is 41.3 Å². The van der Waals surface area contributed by atoms with Gasteiger partial charge in [0.15, 0.2) is 0 Å². The topological polar surface area (TPSA) is 20.3 Å². The normalized spacial score (nSPS) is 17.3. The molecule has 1 aliphatic rings. The minimum atomic E-state index is 0.0432. The Morgan fingerprint density at radius 3 is 2.83 bits per heavy atom. The largest absolute Gasteiger partial charge is 0.338 e. The fourth-order valence-corrected chi connectivity index (χ4v) is 3.47. The van der Waals surface area contributed by atoms with Gasteiger partial charge in [-0.2, -0.15) is 0 Å². The minimum Gasteiger partial charge on any atom is -0.338 e. The van der Waals surface area contributed by atoms with Gasteiger partial charge in [-0.25, -0.2) is 0 Å². The number of hydrogen-bond donors (Lipinski definition) is 0. The third-order valence-corrected chi connectivity index (χ3v) is 4.38. The third kappa shape index (κ3) is 2.78.